The first-order valence-corrected chi connectivity index (χ1v) is 5.60. The van der Waals surface area contributed by atoms with Crippen LogP contribution in [0.25, 0.3) is 0 Å². The molecule has 1 saturated heterocycles. The average Bonchev–Trinajstić information content (AvgIpc) is 2.08. The molecule has 0 aromatic carbocycles. The van der Waals surface area contributed by atoms with Crippen LogP contribution in [0.5, 0.6) is 0 Å². The number of hydrogen-bond acceptors (Lipinski definition) is 2. The van der Waals surface area contributed by atoms with Crippen molar-refractivity contribution in [2.24, 2.45) is 5.41 Å². The zero-order valence-electron chi connectivity index (χ0n) is 6.63. The predicted octanol–water partition coefficient (Wildman–Crippen LogP) is 2.56. The molecule has 1 atom stereocenters. The van der Waals surface area contributed by atoms with E-state index in [1.165, 1.54) is 0 Å². The van der Waals surface area contributed by atoms with Crippen LogP contribution in [0.2, 0.25) is 0 Å². The second-order valence-corrected chi connectivity index (χ2v) is 5.87. The van der Waals surface area contributed by atoms with Gasteiger partial charge in [0.1, 0.15) is 0 Å². The second kappa shape index (κ2) is 2.40. The van der Waals surface area contributed by atoms with E-state index in [0.29, 0.717) is 11.5 Å². The average molecular weight is 164 g/mol. The van der Waals surface area contributed by atoms with Crippen LogP contribution in [0.3, 0.4) is 0 Å². The lowest BCUT2D eigenvalue weighted by Crippen LogP contribution is -2.15. The van der Waals surface area contributed by atoms with E-state index in [2.05, 4.69) is 13.8 Å². The fourth-order valence-electron chi connectivity index (χ4n) is 1.39. The van der Waals surface area contributed by atoms with Gasteiger partial charge in [-0.3, -0.25) is 9.11 Å². The highest BCUT2D eigenvalue weighted by atomic mass is 32.3. The fraction of sp³-hybridized carbons (Fsp3) is 1.00. The molecule has 0 aromatic heterocycles. The van der Waals surface area contributed by atoms with E-state index < -0.39 is 10.6 Å². The number of hydrogen-bond donors (Lipinski definition) is 2. The Labute approximate surface area is 64.0 Å². The summed E-state index contributed by atoms with van der Waals surface area (Å²) in [6.07, 6.45) is 2.04. The van der Waals surface area contributed by atoms with E-state index in [1.54, 1.807) is 0 Å². The van der Waals surface area contributed by atoms with Crippen molar-refractivity contribution in [3.63, 3.8) is 0 Å². The van der Waals surface area contributed by atoms with Crippen molar-refractivity contribution in [2.75, 3.05) is 11.5 Å². The molecule has 0 aliphatic carbocycles. The minimum absolute atomic E-state index is 0.207. The van der Waals surface area contributed by atoms with Crippen molar-refractivity contribution in [3.8, 4) is 0 Å². The Hall–Kier alpha value is 0.270. The fourth-order valence-corrected chi connectivity index (χ4v) is 3.82. The van der Waals surface area contributed by atoms with E-state index in [-0.39, 0.29) is 5.41 Å². The molecule has 2 nitrogen and oxygen atoms in total. The van der Waals surface area contributed by atoms with Gasteiger partial charge >= 0.3 is 0 Å². The summed E-state index contributed by atoms with van der Waals surface area (Å²) < 4.78 is 18.6. The first kappa shape index (κ1) is 8.37. The van der Waals surface area contributed by atoms with Crippen molar-refractivity contribution in [1.82, 2.24) is 0 Å². The third-order valence-corrected chi connectivity index (χ3v) is 4.48. The number of rotatable bonds is 1. The topological polar surface area (TPSA) is 40.5 Å². The summed E-state index contributed by atoms with van der Waals surface area (Å²) in [5.41, 5.74) is 0.207. The maximum Gasteiger partial charge on any atom is 0.0428 e. The van der Waals surface area contributed by atoms with Gasteiger partial charge in [0.05, 0.1) is 0 Å². The second-order valence-electron chi connectivity index (χ2n) is 3.56. The monoisotopic (exact) mass is 164 g/mol. The van der Waals surface area contributed by atoms with Gasteiger partial charge in [0.15, 0.2) is 0 Å². The zero-order chi connectivity index (χ0) is 7.83. The van der Waals surface area contributed by atoms with E-state index in [4.69, 9.17) is 0 Å². The molecule has 0 aromatic rings. The van der Waals surface area contributed by atoms with Crippen LogP contribution in [0.15, 0.2) is 0 Å². The third kappa shape index (κ3) is 1.65. The lowest BCUT2D eigenvalue weighted by Gasteiger charge is -2.29. The summed E-state index contributed by atoms with van der Waals surface area (Å²) in [5, 5.41) is 0. The Morgan fingerprint density at radius 2 is 2.10 bits per heavy atom. The maximum atomic E-state index is 9.30. The molecule has 62 valence electrons. The Morgan fingerprint density at radius 1 is 1.50 bits per heavy atom. The van der Waals surface area contributed by atoms with Gasteiger partial charge in [-0.15, -0.1) is 0 Å². The largest absolute Gasteiger partial charge is 0.299 e. The highest BCUT2D eigenvalue weighted by Crippen LogP contribution is 2.54. The van der Waals surface area contributed by atoms with Crippen LogP contribution in [-0.2, 0) is 0 Å². The van der Waals surface area contributed by atoms with E-state index in [0.717, 1.165) is 12.8 Å². The summed E-state index contributed by atoms with van der Waals surface area (Å²) in [6, 6.07) is 0. The molecule has 1 rings (SSSR count). The van der Waals surface area contributed by atoms with Crippen LogP contribution in [0.1, 0.15) is 26.7 Å². The molecule has 1 heterocycles. The molecule has 1 aliphatic rings. The summed E-state index contributed by atoms with van der Waals surface area (Å²) in [5.74, 6) is 1.24. The first-order chi connectivity index (χ1) is 4.47. The molecule has 2 N–H and O–H groups in total. The molecule has 10 heavy (non-hydrogen) atoms. The van der Waals surface area contributed by atoms with Gasteiger partial charge in [-0.05, 0) is 18.3 Å². The quantitative estimate of drug-likeness (QED) is 0.625. The lowest BCUT2D eigenvalue weighted by molar-refractivity contribution is 0.360. The normalized spacial score (nSPS) is 41.6. The standard InChI is InChI=1S/C7H16O2S/c1-3-7(2)4-5-10(8,9)6-7/h8-9H,3-6H2,1-2H3/t7-/m1/s1. The van der Waals surface area contributed by atoms with E-state index in [9.17, 15) is 9.11 Å². The summed E-state index contributed by atoms with van der Waals surface area (Å²) in [7, 11) is -2.17. The van der Waals surface area contributed by atoms with Crippen molar-refractivity contribution in [2.45, 2.75) is 26.7 Å². The summed E-state index contributed by atoms with van der Waals surface area (Å²) >= 11 is 0. The Kier molecular flexibility index (Phi) is 2.00. The van der Waals surface area contributed by atoms with Crippen molar-refractivity contribution >= 4 is 10.6 Å². The molecule has 1 fully saturated rings. The lowest BCUT2D eigenvalue weighted by atomic mass is 9.88. The molecule has 0 spiro atoms. The van der Waals surface area contributed by atoms with Crippen LogP contribution in [0, 0.1) is 5.41 Å². The van der Waals surface area contributed by atoms with Gasteiger partial charge in [-0.2, -0.15) is 10.6 Å². The van der Waals surface area contributed by atoms with E-state index >= 15 is 0 Å². The minimum atomic E-state index is -2.17. The smallest absolute Gasteiger partial charge is 0.0428 e. The SMILES string of the molecule is CC[C@]1(C)CCS(O)(O)C1. The molecule has 1 aliphatic heterocycles. The molecule has 0 saturated carbocycles. The van der Waals surface area contributed by atoms with Crippen molar-refractivity contribution in [3.05, 3.63) is 0 Å². The Bertz CT molecular complexity index is 136. The van der Waals surface area contributed by atoms with Gasteiger partial charge in [0, 0.05) is 11.5 Å². The van der Waals surface area contributed by atoms with Crippen molar-refractivity contribution in [1.29, 1.82) is 0 Å². The van der Waals surface area contributed by atoms with E-state index in [1.807, 2.05) is 0 Å². The maximum absolute atomic E-state index is 9.30. The van der Waals surface area contributed by atoms with Gasteiger partial charge in [-0.1, -0.05) is 13.8 Å². The predicted molar refractivity (Wildman–Crippen MR) is 45.6 cm³/mol. The van der Waals surface area contributed by atoms with Gasteiger partial charge in [0.2, 0.25) is 0 Å². The molecule has 0 unspecified atom stereocenters. The first-order valence-electron chi connectivity index (χ1n) is 3.71. The van der Waals surface area contributed by atoms with Crippen LogP contribution in [0.4, 0.5) is 0 Å². The van der Waals surface area contributed by atoms with Crippen LogP contribution < -0.4 is 0 Å². The van der Waals surface area contributed by atoms with Gasteiger partial charge in [-0.25, -0.2) is 0 Å². The molecule has 3 heteroatoms. The van der Waals surface area contributed by atoms with Crippen molar-refractivity contribution < 1.29 is 9.11 Å². The molecule has 0 radical (unpaired) electrons. The zero-order valence-corrected chi connectivity index (χ0v) is 7.45. The summed E-state index contributed by atoms with van der Waals surface area (Å²) in [6.45, 7) is 4.25. The Balaban J connectivity index is 2.57. The molecular weight excluding hydrogens is 148 g/mol. The highest BCUT2D eigenvalue weighted by Gasteiger charge is 2.36. The minimum Gasteiger partial charge on any atom is -0.299 e. The van der Waals surface area contributed by atoms with Gasteiger partial charge in [0.25, 0.3) is 0 Å². The Morgan fingerprint density at radius 3 is 2.30 bits per heavy atom. The highest BCUT2D eigenvalue weighted by molar-refractivity contribution is 8.24. The van der Waals surface area contributed by atoms with Crippen LogP contribution in [-0.4, -0.2) is 20.6 Å². The molecular formula is C7H16O2S. The third-order valence-electron chi connectivity index (χ3n) is 2.47. The summed E-state index contributed by atoms with van der Waals surface area (Å²) in [4.78, 5) is 0. The van der Waals surface area contributed by atoms with Crippen LogP contribution >= 0.6 is 10.6 Å². The molecule has 0 bridgehead atoms. The molecule has 0 amide bonds. The van der Waals surface area contributed by atoms with Gasteiger partial charge < -0.3 is 0 Å².